The zero-order valence-corrected chi connectivity index (χ0v) is 14.1. The molecule has 2 unspecified atom stereocenters. The average Bonchev–Trinajstić information content (AvgIpc) is 2.69. The van der Waals surface area contributed by atoms with Gasteiger partial charge in [0.15, 0.2) is 7.05 Å². The monoisotopic (exact) mass is 362 g/mol. The minimum Gasteiger partial charge on any atom is -0.291 e. The van der Waals surface area contributed by atoms with E-state index < -0.39 is 18.1 Å². The molecule has 2 saturated heterocycles. The van der Waals surface area contributed by atoms with Crippen molar-refractivity contribution >= 4 is 17.8 Å². The number of hydroxylamine groups is 1. The van der Waals surface area contributed by atoms with Crippen molar-refractivity contribution in [3.05, 3.63) is 29.0 Å². The van der Waals surface area contributed by atoms with Crippen LogP contribution in [0.5, 0.6) is 0 Å². The topological polar surface area (TPSA) is 39.4 Å². The molecule has 3 heterocycles. The van der Waals surface area contributed by atoms with Gasteiger partial charge in [-0.25, -0.2) is 0 Å². The summed E-state index contributed by atoms with van der Waals surface area (Å²) in [6.45, 7) is -0.874. The minimum absolute atomic E-state index is 0.166. The SMILES string of the molecule is C[N+](O)=CC1(c2cncc(Cl)c2)CC2CCC(C1)N2CC(F)(F)F. The summed E-state index contributed by atoms with van der Waals surface area (Å²) in [5, 5.41) is 10.3. The van der Waals surface area contributed by atoms with Crippen LogP contribution in [0, 0.1) is 0 Å². The summed E-state index contributed by atoms with van der Waals surface area (Å²) in [5.74, 6) is 0. The van der Waals surface area contributed by atoms with Gasteiger partial charge in [-0.1, -0.05) is 11.6 Å². The summed E-state index contributed by atoms with van der Waals surface area (Å²) >= 11 is 6.06. The van der Waals surface area contributed by atoms with Crippen LogP contribution in [0.4, 0.5) is 13.2 Å². The van der Waals surface area contributed by atoms with Crippen molar-refractivity contribution in [3.63, 3.8) is 0 Å². The Hall–Kier alpha value is -1.34. The first-order valence-corrected chi connectivity index (χ1v) is 8.28. The maximum Gasteiger partial charge on any atom is 0.401 e. The molecule has 1 aromatic heterocycles. The second kappa shape index (κ2) is 6.19. The molecule has 1 N–H and O–H groups in total. The fourth-order valence-electron chi connectivity index (χ4n) is 4.30. The van der Waals surface area contributed by atoms with Gasteiger partial charge in [0, 0.05) is 24.5 Å². The highest BCUT2D eigenvalue weighted by Gasteiger charge is 2.52. The number of aromatic nitrogens is 1. The van der Waals surface area contributed by atoms with Crippen LogP contribution in [0.2, 0.25) is 5.02 Å². The summed E-state index contributed by atoms with van der Waals surface area (Å²) in [6, 6.07) is 1.45. The van der Waals surface area contributed by atoms with Crippen molar-refractivity contribution < 1.29 is 23.1 Å². The Balaban J connectivity index is 1.95. The summed E-state index contributed by atoms with van der Waals surface area (Å²) < 4.78 is 39.6. The summed E-state index contributed by atoms with van der Waals surface area (Å²) in [7, 11) is 1.50. The van der Waals surface area contributed by atoms with Crippen molar-refractivity contribution in [2.45, 2.75) is 49.4 Å². The van der Waals surface area contributed by atoms with Gasteiger partial charge in [0.25, 0.3) is 0 Å². The summed E-state index contributed by atoms with van der Waals surface area (Å²) in [4.78, 5) is 5.69. The maximum absolute atomic E-state index is 12.9. The molecule has 2 aliphatic heterocycles. The molecule has 0 saturated carbocycles. The van der Waals surface area contributed by atoms with Crippen LogP contribution in [0.3, 0.4) is 0 Å². The highest BCUT2D eigenvalue weighted by Crippen LogP contribution is 2.47. The van der Waals surface area contributed by atoms with Crippen LogP contribution in [0.15, 0.2) is 18.5 Å². The third-order valence-corrected chi connectivity index (χ3v) is 5.25. The largest absolute Gasteiger partial charge is 0.401 e. The van der Waals surface area contributed by atoms with E-state index in [-0.39, 0.29) is 12.1 Å². The molecule has 4 nitrogen and oxygen atoms in total. The molecule has 24 heavy (non-hydrogen) atoms. The third kappa shape index (κ3) is 3.52. The molecule has 0 aromatic carbocycles. The number of nitrogens with zero attached hydrogens (tertiary/aromatic N) is 3. The number of rotatable bonds is 3. The van der Waals surface area contributed by atoms with Gasteiger partial charge in [0.2, 0.25) is 6.21 Å². The van der Waals surface area contributed by atoms with E-state index in [2.05, 4.69) is 4.98 Å². The third-order valence-electron chi connectivity index (χ3n) is 5.05. The van der Waals surface area contributed by atoms with Gasteiger partial charge in [0.1, 0.15) is 0 Å². The molecule has 2 fully saturated rings. The van der Waals surface area contributed by atoms with Crippen molar-refractivity contribution in [3.8, 4) is 0 Å². The molecule has 0 amide bonds. The number of hydrogen-bond acceptors (Lipinski definition) is 3. The van der Waals surface area contributed by atoms with E-state index >= 15 is 0 Å². The predicted octanol–water partition coefficient (Wildman–Crippen LogP) is 3.26. The van der Waals surface area contributed by atoms with E-state index in [1.165, 1.54) is 13.2 Å². The minimum atomic E-state index is -4.20. The summed E-state index contributed by atoms with van der Waals surface area (Å²) in [6.07, 6.45) is 3.17. The van der Waals surface area contributed by atoms with Gasteiger partial charge in [-0.15, -0.1) is 0 Å². The van der Waals surface area contributed by atoms with Crippen LogP contribution in [-0.2, 0) is 5.41 Å². The molecule has 0 aliphatic carbocycles. The van der Waals surface area contributed by atoms with Crippen molar-refractivity contribution in [2.24, 2.45) is 0 Å². The van der Waals surface area contributed by atoms with Gasteiger partial charge in [-0.2, -0.15) is 13.2 Å². The van der Waals surface area contributed by atoms with Crippen molar-refractivity contribution in [2.75, 3.05) is 13.6 Å². The van der Waals surface area contributed by atoms with E-state index in [9.17, 15) is 18.4 Å². The molecule has 2 bridgehead atoms. The Morgan fingerprint density at radius 3 is 2.50 bits per heavy atom. The van der Waals surface area contributed by atoms with E-state index in [0.29, 0.717) is 17.9 Å². The molecule has 3 rings (SSSR count). The smallest absolute Gasteiger partial charge is 0.291 e. The van der Waals surface area contributed by atoms with Gasteiger partial charge in [-0.05, 0) is 42.1 Å². The molecule has 2 atom stereocenters. The fourth-order valence-corrected chi connectivity index (χ4v) is 4.47. The lowest BCUT2D eigenvalue weighted by molar-refractivity contribution is -0.752. The first-order valence-electron chi connectivity index (χ1n) is 7.90. The van der Waals surface area contributed by atoms with Gasteiger partial charge in [0.05, 0.1) is 17.0 Å². The van der Waals surface area contributed by atoms with Crippen molar-refractivity contribution in [1.29, 1.82) is 0 Å². The lowest BCUT2D eigenvalue weighted by Crippen LogP contribution is -2.53. The van der Waals surface area contributed by atoms with Crippen molar-refractivity contribution in [1.82, 2.24) is 9.88 Å². The Morgan fingerprint density at radius 2 is 2.00 bits per heavy atom. The number of alkyl halides is 3. The molecular weight excluding hydrogens is 343 g/mol. The molecular formula is C16H20ClF3N3O+. The lowest BCUT2D eigenvalue weighted by Gasteiger charge is -2.43. The standard InChI is InChI=1S/C16H20ClF3N3O/c1-22(24)9-15(11-4-12(17)8-21-7-11)5-13-2-3-14(6-15)23(13)10-16(18,19)20/h4,7-9,13-14,24H,2-3,5-6,10H2,1H3/q+1. The highest BCUT2D eigenvalue weighted by atomic mass is 35.5. The molecule has 0 radical (unpaired) electrons. The van der Waals surface area contributed by atoms with Gasteiger partial charge < -0.3 is 0 Å². The van der Waals surface area contributed by atoms with E-state index in [0.717, 1.165) is 23.1 Å². The summed E-state index contributed by atoms with van der Waals surface area (Å²) in [5.41, 5.74) is 0.273. The fraction of sp³-hybridized carbons (Fsp3) is 0.625. The van der Waals surface area contributed by atoms with Crippen LogP contribution in [-0.4, -0.2) is 57.9 Å². The van der Waals surface area contributed by atoms with Crippen LogP contribution >= 0.6 is 11.6 Å². The molecule has 8 heteroatoms. The second-order valence-corrected chi connectivity index (χ2v) is 7.27. The zero-order chi connectivity index (χ0) is 17.5. The molecule has 0 spiro atoms. The normalized spacial score (nSPS) is 31.5. The number of halogens is 4. The molecule has 1 aromatic rings. The number of piperidine rings is 1. The van der Waals surface area contributed by atoms with Gasteiger partial charge >= 0.3 is 6.18 Å². The van der Waals surface area contributed by atoms with E-state index in [4.69, 9.17) is 11.6 Å². The number of hydrogen-bond donors (Lipinski definition) is 1. The Kier molecular flexibility index (Phi) is 4.51. The first-order chi connectivity index (χ1) is 11.2. The second-order valence-electron chi connectivity index (χ2n) is 6.83. The van der Waals surface area contributed by atoms with Crippen LogP contribution in [0.1, 0.15) is 31.2 Å². The average molecular weight is 363 g/mol. The van der Waals surface area contributed by atoms with Crippen LogP contribution < -0.4 is 0 Å². The maximum atomic E-state index is 12.9. The molecule has 2 aliphatic rings. The zero-order valence-electron chi connectivity index (χ0n) is 13.3. The Bertz CT molecular complexity index is 632. The number of fused-ring (bicyclic) bond motifs is 2. The molecule has 132 valence electrons. The van der Waals surface area contributed by atoms with E-state index in [1.54, 1.807) is 23.4 Å². The number of pyridine rings is 1. The van der Waals surface area contributed by atoms with Crippen LogP contribution in [0.25, 0.3) is 0 Å². The van der Waals surface area contributed by atoms with E-state index in [1.807, 2.05) is 0 Å². The van der Waals surface area contributed by atoms with Gasteiger partial charge in [-0.3, -0.25) is 15.1 Å². The highest BCUT2D eigenvalue weighted by molar-refractivity contribution is 6.30. The first kappa shape index (κ1) is 17.5. The predicted molar refractivity (Wildman–Crippen MR) is 83.8 cm³/mol. The Morgan fingerprint density at radius 1 is 1.38 bits per heavy atom. The Labute approximate surface area is 143 Å². The quantitative estimate of drug-likeness (QED) is 0.388. The lowest BCUT2D eigenvalue weighted by atomic mass is 9.71.